The molecule has 8 heteroatoms. The van der Waals surface area contributed by atoms with Crippen LogP contribution in [-0.4, -0.2) is 31.5 Å². The van der Waals surface area contributed by atoms with E-state index in [1.54, 1.807) is 18.2 Å². The predicted molar refractivity (Wildman–Crippen MR) is 114 cm³/mol. The first-order valence-corrected chi connectivity index (χ1v) is 10.0. The molecule has 0 aliphatic carbocycles. The van der Waals surface area contributed by atoms with Crippen molar-refractivity contribution in [1.82, 2.24) is 5.32 Å². The molecule has 1 fully saturated rings. The van der Waals surface area contributed by atoms with Gasteiger partial charge in [0.2, 0.25) is 0 Å². The van der Waals surface area contributed by atoms with Crippen LogP contribution in [0.2, 0.25) is 5.02 Å². The minimum absolute atomic E-state index is 0.274. The number of hydrogen-bond donors (Lipinski definition) is 1. The van der Waals surface area contributed by atoms with E-state index < -0.39 is 11.1 Å². The van der Waals surface area contributed by atoms with E-state index in [-0.39, 0.29) is 6.61 Å². The molecule has 1 N–H and O–H groups in total. The maximum Gasteiger partial charge on any atom is 0.290 e. The molecule has 29 heavy (non-hydrogen) atoms. The SMILES string of the molecule is COc1cc(/C=C2\SC(=O)NC2=O)cc(Cl)c1OCCOc1ccc(C)cc1C. The number of imide groups is 1. The number of carbonyl (C=O) groups excluding carboxylic acids is 2. The highest BCUT2D eigenvalue weighted by atomic mass is 35.5. The number of hydrogen-bond acceptors (Lipinski definition) is 6. The van der Waals surface area contributed by atoms with E-state index in [1.165, 1.54) is 12.7 Å². The maximum absolute atomic E-state index is 11.7. The number of nitrogens with one attached hydrogen (secondary N) is 1. The van der Waals surface area contributed by atoms with Crippen molar-refractivity contribution in [1.29, 1.82) is 0 Å². The highest BCUT2D eigenvalue weighted by Crippen LogP contribution is 2.38. The van der Waals surface area contributed by atoms with Crippen LogP contribution in [0, 0.1) is 13.8 Å². The summed E-state index contributed by atoms with van der Waals surface area (Å²) in [5, 5.41) is 2.14. The summed E-state index contributed by atoms with van der Waals surface area (Å²) >= 11 is 7.19. The first kappa shape index (κ1) is 21.1. The van der Waals surface area contributed by atoms with E-state index in [1.807, 2.05) is 26.0 Å². The smallest absolute Gasteiger partial charge is 0.290 e. The summed E-state index contributed by atoms with van der Waals surface area (Å²) in [6.45, 7) is 4.64. The molecule has 0 unspecified atom stereocenters. The van der Waals surface area contributed by atoms with Crippen LogP contribution in [0.25, 0.3) is 6.08 Å². The highest BCUT2D eigenvalue weighted by molar-refractivity contribution is 8.18. The van der Waals surface area contributed by atoms with E-state index in [4.69, 9.17) is 25.8 Å². The standard InChI is InChI=1S/C21H20ClNO5S/c1-12-4-5-16(13(2)8-12)27-6-7-28-19-15(22)9-14(10-17(19)26-3)11-18-20(24)23-21(25)29-18/h4-5,8-11H,6-7H2,1-3H3,(H,23,24,25)/b18-11-. The second-order valence-electron chi connectivity index (χ2n) is 6.35. The third kappa shape index (κ3) is 5.25. The summed E-state index contributed by atoms with van der Waals surface area (Å²) in [5.41, 5.74) is 2.86. The molecule has 1 saturated heterocycles. The van der Waals surface area contributed by atoms with Gasteiger partial charge in [0, 0.05) is 0 Å². The van der Waals surface area contributed by atoms with Crippen molar-refractivity contribution in [3.8, 4) is 17.2 Å². The van der Waals surface area contributed by atoms with Crippen LogP contribution in [0.4, 0.5) is 4.79 Å². The second-order valence-corrected chi connectivity index (χ2v) is 7.77. The molecule has 0 aromatic heterocycles. The lowest BCUT2D eigenvalue weighted by molar-refractivity contribution is -0.115. The normalized spacial score (nSPS) is 14.8. The van der Waals surface area contributed by atoms with Gasteiger partial charge in [0.1, 0.15) is 19.0 Å². The summed E-state index contributed by atoms with van der Waals surface area (Å²) in [6, 6.07) is 9.32. The fourth-order valence-electron chi connectivity index (χ4n) is 2.79. The Hall–Kier alpha value is -2.64. The largest absolute Gasteiger partial charge is 0.493 e. The quantitative estimate of drug-likeness (QED) is 0.502. The lowest BCUT2D eigenvalue weighted by atomic mass is 10.1. The van der Waals surface area contributed by atoms with E-state index in [9.17, 15) is 9.59 Å². The van der Waals surface area contributed by atoms with Crippen molar-refractivity contribution in [2.24, 2.45) is 0 Å². The Balaban J connectivity index is 1.67. The third-order valence-electron chi connectivity index (χ3n) is 4.11. The lowest BCUT2D eigenvalue weighted by Crippen LogP contribution is -2.17. The van der Waals surface area contributed by atoms with Crippen LogP contribution >= 0.6 is 23.4 Å². The van der Waals surface area contributed by atoms with Gasteiger partial charge < -0.3 is 14.2 Å². The van der Waals surface area contributed by atoms with E-state index >= 15 is 0 Å². The number of halogens is 1. The van der Waals surface area contributed by atoms with Crippen LogP contribution in [0.3, 0.4) is 0 Å². The number of ether oxygens (including phenoxy) is 3. The van der Waals surface area contributed by atoms with Gasteiger partial charge in [-0.25, -0.2) is 0 Å². The molecule has 1 heterocycles. The van der Waals surface area contributed by atoms with Gasteiger partial charge in [-0.05, 0) is 61.0 Å². The molecule has 1 aliphatic heterocycles. The van der Waals surface area contributed by atoms with Crippen molar-refractivity contribution in [3.05, 3.63) is 56.9 Å². The zero-order valence-corrected chi connectivity index (χ0v) is 17.8. The van der Waals surface area contributed by atoms with Crippen LogP contribution in [0.15, 0.2) is 35.2 Å². The molecule has 0 bridgehead atoms. The average Bonchev–Trinajstić information content (AvgIpc) is 2.98. The van der Waals surface area contributed by atoms with Crippen molar-refractivity contribution in [3.63, 3.8) is 0 Å². The first-order valence-electron chi connectivity index (χ1n) is 8.82. The Morgan fingerprint density at radius 2 is 1.83 bits per heavy atom. The van der Waals surface area contributed by atoms with Gasteiger partial charge in [-0.3, -0.25) is 14.9 Å². The number of rotatable bonds is 7. The molecule has 0 spiro atoms. The number of thioether (sulfide) groups is 1. The van der Waals surface area contributed by atoms with Gasteiger partial charge in [-0.1, -0.05) is 29.3 Å². The van der Waals surface area contributed by atoms with Crippen molar-refractivity contribution < 1.29 is 23.8 Å². The minimum atomic E-state index is -0.432. The van der Waals surface area contributed by atoms with Crippen LogP contribution < -0.4 is 19.5 Å². The number of methoxy groups -OCH3 is 1. The monoisotopic (exact) mass is 433 g/mol. The predicted octanol–water partition coefficient (Wildman–Crippen LogP) is 4.75. The van der Waals surface area contributed by atoms with Crippen LogP contribution in [-0.2, 0) is 4.79 Å². The molecular formula is C21H20ClNO5S. The summed E-state index contributed by atoms with van der Waals surface area (Å²) in [5.74, 6) is 1.19. The molecular weight excluding hydrogens is 414 g/mol. The minimum Gasteiger partial charge on any atom is -0.493 e. The molecule has 2 aromatic carbocycles. The summed E-state index contributed by atoms with van der Waals surface area (Å²) < 4.78 is 16.9. The van der Waals surface area contributed by atoms with Crippen LogP contribution in [0.1, 0.15) is 16.7 Å². The van der Waals surface area contributed by atoms with Gasteiger partial charge in [-0.15, -0.1) is 0 Å². The van der Waals surface area contributed by atoms with Gasteiger partial charge in [0.25, 0.3) is 11.1 Å². The molecule has 2 amide bonds. The Kier molecular flexibility index (Phi) is 6.71. The fraction of sp³-hybridized carbons (Fsp3) is 0.238. The topological polar surface area (TPSA) is 73.9 Å². The van der Waals surface area contributed by atoms with Crippen molar-refractivity contribution in [2.75, 3.05) is 20.3 Å². The third-order valence-corrected chi connectivity index (χ3v) is 5.20. The van der Waals surface area contributed by atoms with Gasteiger partial charge in [0.15, 0.2) is 11.5 Å². The molecule has 3 rings (SSSR count). The number of carbonyl (C=O) groups is 2. The molecule has 2 aromatic rings. The Morgan fingerprint density at radius 1 is 1.07 bits per heavy atom. The lowest BCUT2D eigenvalue weighted by Gasteiger charge is -2.14. The average molecular weight is 434 g/mol. The number of aryl methyl sites for hydroxylation is 2. The second kappa shape index (κ2) is 9.24. The summed E-state index contributed by atoms with van der Waals surface area (Å²) in [6.07, 6.45) is 1.58. The first-order chi connectivity index (χ1) is 13.9. The zero-order chi connectivity index (χ0) is 21.0. The zero-order valence-electron chi connectivity index (χ0n) is 16.2. The van der Waals surface area contributed by atoms with Gasteiger partial charge in [-0.2, -0.15) is 0 Å². The molecule has 0 saturated carbocycles. The Bertz CT molecular complexity index is 989. The van der Waals surface area contributed by atoms with E-state index in [0.29, 0.717) is 33.6 Å². The van der Waals surface area contributed by atoms with E-state index in [0.717, 1.165) is 23.1 Å². The molecule has 0 atom stereocenters. The molecule has 152 valence electrons. The number of amides is 2. The van der Waals surface area contributed by atoms with Crippen molar-refractivity contribution in [2.45, 2.75) is 13.8 Å². The van der Waals surface area contributed by atoms with E-state index in [2.05, 4.69) is 11.4 Å². The Labute approximate surface area is 178 Å². The fourth-order valence-corrected chi connectivity index (χ4v) is 3.75. The van der Waals surface area contributed by atoms with Crippen molar-refractivity contribution >= 4 is 40.6 Å². The molecule has 1 aliphatic rings. The van der Waals surface area contributed by atoms with Crippen LogP contribution in [0.5, 0.6) is 17.2 Å². The maximum atomic E-state index is 11.7. The summed E-state index contributed by atoms with van der Waals surface area (Å²) in [4.78, 5) is 23.3. The van der Waals surface area contributed by atoms with Gasteiger partial charge >= 0.3 is 0 Å². The highest BCUT2D eigenvalue weighted by Gasteiger charge is 2.25. The van der Waals surface area contributed by atoms with Gasteiger partial charge in [0.05, 0.1) is 17.0 Å². The molecule has 6 nitrogen and oxygen atoms in total. The molecule has 0 radical (unpaired) electrons. The Morgan fingerprint density at radius 3 is 2.48 bits per heavy atom. The number of benzene rings is 2. The summed E-state index contributed by atoms with van der Waals surface area (Å²) in [7, 11) is 1.50.